The first-order valence-electron chi connectivity index (χ1n) is 12.3. The Bertz CT molecular complexity index is 1410. The average Bonchev–Trinajstić information content (AvgIpc) is 2.92. The van der Waals surface area contributed by atoms with Crippen LogP contribution in [0.1, 0.15) is 18.4 Å². The zero-order chi connectivity index (χ0) is 28.2. The van der Waals surface area contributed by atoms with Crippen molar-refractivity contribution in [1.29, 1.82) is 5.26 Å². The van der Waals surface area contributed by atoms with Crippen LogP contribution in [0.5, 0.6) is 5.75 Å². The van der Waals surface area contributed by atoms with E-state index in [9.17, 15) is 22.4 Å². The molecule has 1 aromatic heterocycles. The number of nitrogens with zero attached hydrogens (tertiary/aromatic N) is 4. The van der Waals surface area contributed by atoms with Crippen molar-refractivity contribution in [3.63, 3.8) is 0 Å². The van der Waals surface area contributed by atoms with Crippen LogP contribution in [0.3, 0.4) is 0 Å². The number of alkyl halides is 3. The number of anilines is 1. The van der Waals surface area contributed by atoms with Gasteiger partial charge in [0, 0.05) is 24.7 Å². The zero-order valence-electron chi connectivity index (χ0n) is 21.1. The minimum atomic E-state index is -4.70. The van der Waals surface area contributed by atoms with E-state index < -0.39 is 24.1 Å². The van der Waals surface area contributed by atoms with Crippen LogP contribution in [0.15, 0.2) is 47.3 Å². The Labute approximate surface area is 222 Å². The van der Waals surface area contributed by atoms with Gasteiger partial charge in [-0.3, -0.25) is 9.36 Å². The highest BCUT2D eigenvalue weighted by Gasteiger charge is 2.34. The molecule has 1 saturated heterocycles. The van der Waals surface area contributed by atoms with Crippen LogP contribution in [0.2, 0.25) is 0 Å². The maximum atomic E-state index is 14.6. The van der Waals surface area contributed by atoms with Gasteiger partial charge in [-0.15, -0.1) is 0 Å². The minimum absolute atomic E-state index is 0.00317. The lowest BCUT2D eigenvalue weighted by molar-refractivity contribution is -0.141. The van der Waals surface area contributed by atoms with Gasteiger partial charge in [-0.1, -0.05) is 18.2 Å². The Morgan fingerprint density at radius 2 is 1.82 bits per heavy atom. The Kier molecular flexibility index (Phi) is 8.52. The Morgan fingerprint density at radius 1 is 1.15 bits per heavy atom. The van der Waals surface area contributed by atoms with E-state index in [1.165, 1.54) is 36.4 Å². The van der Waals surface area contributed by atoms with Crippen molar-refractivity contribution in [2.24, 2.45) is 0 Å². The summed E-state index contributed by atoms with van der Waals surface area (Å²) in [6, 6.07) is 11.6. The molecule has 1 fully saturated rings. The fourth-order valence-corrected chi connectivity index (χ4v) is 4.58. The van der Waals surface area contributed by atoms with Crippen molar-refractivity contribution >= 4 is 5.95 Å². The van der Waals surface area contributed by atoms with Crippen LogP contribution >= 0.6 is 0 Å². The molecule has 2 heterocycles. The van der Waals surface area contributed by atoms with E-state index in [1.54, 1.807) is 11.0 Å². The summed E-state index contributed by atoms with van der Waals surface area (Å²) in [6.07, 6.45) is -3.43. The number of nitriles is 1. The van der Waals surface area contributed by atoms with Gasteiger partial charge in [0.25, 0.3) is 5.56 Å². The van der Waals surface area contributed by atoms with E-state index in [-0.39, 0.29) is 53.2 Å². The van der Waals surface area contributed by atoms with Gasteiger partial charge < -0.3 is 20.1 Å². The normalized spacial score (nSPS) is 14.3. The molecule has 0 amide bonds. The number of ether oxygens (including phenoxy) is 1. The molecule has 206 valence electrons. The molecule has 12 heteroatoms. The number of hydrogen-bond donors (Lipinski definition) is 2. The molecule has 1 aliphatic rings. The van der Waals surface area contributed by atoms with Crippen molar-refractivity contribution < 1.29 is 27.4 Å². The lowest BCUT2D eigenvalue weighted by Crippen LogP contribution is -2.44. The molecule has 8 nitrogen and oxygen atoms in total. The van der Waals surface area contributed by atoms with Crippen molar-refractivity contribution in [3.8, 4) is 34.2 Å². The summed E-state index contributed by atoms with van der Waals surface area (Å²) in [6.45, 7) is -0.990. The van der Waals surface area contributed by atoms with Crippen molar-refractivity contribution in [2.75, 3.05) is 38.3 Å². The summed E-state index contributed by atoms with van der Waals surface area (Å²) >= 11 is 0. The molecular formula is C27H27F4N5O3. The Morgan fingerprint density at radius 3 is 2.38 bits per heavy atom. The fourth-order valence-electron chi connectivity index (χ4n) is 4.58. The number of rotatable bonds is 8. The predicted octanol–water partition coefficient (Wildman–Crippen LogP) is 3.71. The fraction of sp³-hybridized carbons (Fsp3) is 0.370. The third-order valence-corrected chi connectivity index (χ3v) is 6.54. The number of hydrogen-bond acceptors (Lipinski definition) is 7. The molecule has 1 aliphatic heterocycles. The third kappa shape index (κ3) is 6.38. The first kappa shape index (κ1) is 28.1. The lowest BCUT2D eigenvalue weighted by Gasteiger charge is -2.34. The molecule has 0 spiro atoms. The van der Waals surface area contributed by atoms with Gasteiger partial charge in [0.15, 0.2) is 0 Å². The molecule has 0 atom stereocenters. The van der Waals surface area contributed by atoms with E-state index in [2.05, 4.69) is 10.3 Å². The first-order valence-corrected chi connectivity index (χ1v) is 12.3. The number of halogens is 4. The molecule has 3 aromatic rings. The molecular weight excluding hydrogens is 518 g/mol. The number of aromatic nitrogens is 2. The van der Waals surface area contributed by atoms with E-state index in [4.69, 9.17) is 15.1 Å². The highest BCUT2D eigenvalue weighted by atomic mass is 19.4. The van der Waals surface area contributed by atoms with Crippen LogP contribution in [0.25, 0.3) is 22.4 Å². The molecule has 0 unspecified atom stereocenters. The first-order chi connectivity index (χ1) is 18.6. The van der Waals surface area contributed by atoms with Crippen LogP contribution < -0.4 is 20.5 Å². The number of nitrogens with one attached hydrogen (secondary N) is 1. The second-order valence-electron chi connectivity index (χ2n) is 9.09. The number of aliphatic hydroxyl groups is 1. The third-order valence-electron chi connectivity index (χ3n) is 6.54. The van der Waals surface area contributed by atoms with Crippen LogP contribution in [-0.2, 0) is 6.54 Å². The molecule has 0 bridgehead atoms. The maximum Gasteiger partial charge on any atom is 0.406 e. The summed E-state index contributed by atoms with van der Waals surface area (Å²) in [5, 5.41) is 21.3. The highest BCUT2D eigenvalue weighted by Crippen LogP contribution is 2.33. The van der Waals surface area contributed by atoms with Gasteiger partial charge in [-0.05, 0) is 49.7 Å². The summed E-state index contributed by atoms with van der Waals surface area (Å²) in [7, 11) is 1.81. The van der Waals surface area contributed by atoms with Crippen LogP contribution in [-0.4, -0.2) is 60.2 Å². The lowest BCUT2D eigenvalue weighted by atomic mass is 9.99. The van der Waals surface area contributed by atoms with Gasteiger partial charge >= 0.3 is 6.18 Å². The van der Waals surface area contributed by atoms with Crippen molar-refractivity contribution in [2.45, 2.75) is 31.6 Å². The molecule has 2 N–H and O–H groups in total. The second kappa shape index (κ2) is 11.8. The SMILES string of the molecule is CNC1CCN(c2nc(-c3ccc(C#N)c(F)c3)c(-c3ccc(OCCO)cc3)c(=O)n2CC(F)(F)F)CC1. The van der Waals surface area contributed by atoms with Gasteiger partial charge in [-0.2, -0.15) is 18.4 Å². The Balaban J connectivity index is 1.95. The van der Waals surface area contributed by atoms with Gasteiger partial charge in [0.05, 0.1) is 23.4 Å². The molecule has 4 rings (SSSR count). The number of benzene rings is 2. The topological polar surface area (TPSA) is 103 Å². The summed E-state index contributed by atoms with van der Waals surface area (Å²) < 4.78 is 61.8. The summed E-state index contributed by atoms with van der Waals surface area (Å²) in [5.74, 6) is -0.615. The number of piperidine rings is 1. The quantitative estimate of drug-likeness (QED) is 0.416. The minimum Gasteiger partial charge on any atom is -0.491 e. The van der Waals surface area contributed by atoms with E-state index in [1.807, 2.05) is 7.05 Å². The van der Waals surface area contributed by atoms with E-state index in [0.29, 0.717) is 36.2 Å². The standard InChI is InChI=1S/C27H27F4N5O3/c1-33-20-8-10-35(11-9-20)26-34-24(18-2-3-19(15-32)22(28)14-18)23(25(38)36(26)16-27(29,30)31)17-4-6-21(7-5-17)39-13-12-37/h2-7,14,20,33,37H,8-13,16H2,1H3. The second-order valence-corrected chi connectivity index (χ2v) is 9.09. The molecule has 2 aromatic carbocycles. The van der Waals surface area contributed by atoms with Gasteiger partial charge in [0.2, 0.25) is 5.95 Å². The predicted molar refractivity (Wildman–Crippen MR) is 137 cm³/mol. The molecule has 0 radical (unpaired) electrons. The Hall–Kier alpha value is -3.95. The maximum absolute atomic E-state index is 14.6. The summed E-state index contributed by atoms with van der Waals surface area (Å²) in [4.78, 5) is 20.1. The van der Waals surface area contributed by atoms with Gasteiger partial charge in [-0.25, -0.2) is 9.37 Å². The number of aliphatic hydroxyl groups excluding tert-OH is 1. The van der Waals surface area contributed by atoms with Crippen LogP contribution in [0, 0.1) is 17.1 Å². The molecule has 39 heavy (non-hydrogen) atoms. The van der Waals surface area contributed by atoms with E-state index >= 15 is 0 Å². The highest BCUT2D eigenvalue weighted by molar-refractivity contribution is 5.81. The summed E-state index contributed by atoms with van der Waals surface area (Å²) in [5.41, 5.74) is -0.908. The monoisotopic (exact) mass is 545 g/mol. The van der Waals surface area contributed by atoms with Crippen LogP contribution in [0.4, 0.5) is 23.5 Å². The van der Waals surface area contributed by atoms with Gasteiger partial charge in [0.1, 0.15) is 30.8 Å². The van der Waals surface area contributed by atoms with Crippen molar-refractivity contribution in [1.82, 2.24) is 14.9 Å². The van der Waals surface area contributed by atoms with Crippen molar-refractivity contribution in [3.05, 3.63) is 64.2 Å². The molecule has 0 aliphatic carbocycles. The zero-order valence-corrected chi connectivity index (χ0v) is 21.1. The molecule has 0 saturated carbocycles. The largest absolute Gasteiger partial charge is 0.491 e. The smallest absolute Gasteiger partial charge is 0.406 e. The van der Waals surface area contributed by atoms with E-state index in [0.717, 1.165) is 6.07 Å². The average molecular weight is 546 g/mol.